The Labute approximate surface area is 435 Å². The molecule has 0 atom stereocenters. The van der Waals surface area contributed by atoms with E-state index in [0.29, 0.717) is 0 Å². The second-order valence-corrected chi connectivity index (χ2v) is 19.6. The molecule has 0 radical (unpaired) electrons. The number of hydrogen-bond donors (Lipinski definition) is 0. The van der Waals surface area contributed by atoms with Gasteiger partial charge in [0, 0.05) is 33.9 Å². The lowest BCUT2D eigenvalue weighted by Crippen LogP contribution is -2.13. The molecule has 0 spiro atoms. The van der Waals surface area contributed by atoms with Gasteiger partial charge in [-0.2, -0.15) is 0 Å². The lowest BCUT2D eigenvalue weighted by molar-refractivity contribution is 1.23. The van der Waals surface area contributed by atoms with Crippen LogP contribution in [0, 0.1) is 27.7 Å². The Morgan fingerprint density at radius 1 is 0.216 bits per heavy atom. The normalized spacial score (nSPS) is 11.2. The maximum atomic E-state index is 2.44. The van der Waals surface area contributed by atoms with Crippen molar-refractivity contribution in [3.8, 4) is 55.6 Å². The third-order valence-corrected chi connectivity index (χ3v) is 14.7. The third kappa shape index (κ3) is 8.82. The van der Waals surface area contributed by atoms with E-state index in [1.807, 2.05) is 0 Å². The Morgan fingerprint density at radius 3 is 0.905 bits per heavy atom. The van der Waals surface area contributed by atoms with Crippen LogP contribution in [0.1, 0.15) is 22.3 Å². The van der Waals surface area contributed by atoms with Crippen molar-refractivity contribution in [1.29, 1.82) is 0 Å². The lowest BCUT2D eigenvalue weighted by atomic mass is 9.88. The molecule has 354 valence electrons. The molecule has 0 saturated carbocycles. The molecular formula is C72H56N2. The quantitative estimate of drug-likeness (QED) is 0.127. The molecule has 0 fully saturated rings. The molecule has 0 aliphatic rings. The summed E-state index contributed by atoms with van der Waals surface area (Å²) in [5.74, 6) is 0. The topological polar surface area (TPSA) is 6.48 Å². The molecule has 0 aromatic heterocycles. The number of rotatable bonds is 11. The van der Waals surface area contributed by atoms with E-state index in [4.69, 9.17) is 0 Å². The van der Waals surface area contributed by atoms with Gasteiger partial charge in [-0.15, -0.1) is 0 Å². The summed E-state index contributed by atoms with van der Waals surface area (Å²) in [4.78, 5) is 4.87. The van der Waals surface area contributed by atoms with Gasteiger partial charge in [0.1, 0.15) is 0 Å². The van der Waals surface area contributed by atoms with Crippen molar-refractivity contribution in [2.45, 2.75) is 27.7 Å². The van der Waals surface area contributed by atoms with E-state index in [1.54, 1.807) is 0 Å². The average molecular weight is 949 g/mol. The molecule has 0 N–H and O–H groups in total. The molecule has 2 heteroatoms. The maximum Gasteiger partial charge on any atom is 0.0540 e. The summed E-state index contributed by atoms with van der Waals surface area (Å²) in [6.07, 6.45) is 0. The van der Waals surface area contributed by atoms with Gasteiger partial charge in [-0.1, -0.05) is 194 Å². The van der Waals surface area contributed by atoms with Crippen molar-refractivity contribution in [2.24, 2.45) is 0 Å². The monoisotopic (exact) mass is 948 g/mol. The van der Waals surface area contributed by atoms with E-state index in [2.05, 4.69) is 304 Å². The lowest BCUT2D eigenvalue weighted by Gasteiger charge is -2.31. The van der Waals surface area contributed by atoms with Gasteiger partial charge in [0.15, 0.2) is 0 Å². The van der Waals surface area contributed by atoms with Crippen LogP contribution in [-0.4, -0.2) is 0 Å². The predicted molar refractivity (Wildman–Crippen MR) is 317 cm³/mol. The number of fused-ring (bicyclic) bond motifs is 2. The van der Waals surface area contributed by atoms with Crippen LogP contribution in [0.4, 0.5) is 34.1 Å². The van der Waals surface area contributed by atoms with E-state index >= 15 is 0 Å². The second-order valence-electron chi connectivity index (χ2n) is 19.6. The molecule has 0 saturated heterocycles. The zero-order valence-electron chi connectivity index (χ0n) is 42.3. The first kappa shape index (κ1) is 45.9. The molecule has 2 nitrogen and oxygen atoms in total. The fourth-order valence-electron chi connectivity index (χ4n) is 11.2. The van der Waals surface area contributed by atoms with E-state index in [1.165, 1.54) is 99.4 Å². The van der Waals surface area contributed by atoms with Crippen molar-refractivity contribution in [1.82, 2.24) is 0 Å². The minimum atomic E-state index is 1.10. The van der Waals surface area contributed by atoms with E-state index in [9.17, 15) is 0 Å². The molecule has 0 aliphatic heterocycles. The highest BCUT2D eigenvalue weighted by Gasteiger charge is 2.23. The Hall–Kier alpha value is -9.24. The highest BCUT2D eigenvalue weighted by Crippen LogP contribution is 2.47. The van der Waals surface area contributed by atoms with Gasteiger partial charge in [0.2, 0.25) is 0 Å². The molecule has 0 bridgehead atoms. The fraction of sp³-hybridized carbons (Fsp3) is 0.0556. The van der Waals surface area contributed by atoms with Gasteiger partial charge in [-0.3, -0.25) is 0 Å². The zero-order valence-corrected chi connectivity index (χ0v) is 42.3. The number of anilines is 6. The van der Waals surface area contributed by atoms with Crippen LogP contribution in [0.5, 0.6) is 0 Å². The largest absolute Gasteiger partial charge is 0.310 e. The van der Waals surface area contributed by atoms with Gasteiger partial charge in [-0.05, 0) is 189 Å². The van der Waals surface area contributed by atoms with Crippen LogP contribution in [0.3, 0.4) is 0 Å². The van der Waals surface area contributed by atoms with Crippen LogP contribution in [0.25, 0.3) is 77.2 Å². The van der Waals surface area contributed by atoms with E-state index < -0.39 is 0 Å². The smallest absolute Gasteiger partial charge is 0.0540 e. The minimum absolute atomic E-state index is 1.10. The molecular weight excluding hydrogens is 893 g/mol. The molecule has 74 heavy (non-hydrogen) atoms. The van der Waals surface area contributed by atoms with Crippen molar-refractivity contribution in [3.05, 3.63) is 289 Å². The minimum Gasteiger partial charge on any atom is -0.310 e. The summed E-state index contributed by atoms with van der Waals surface area (Å²) < 4.78 is 0. The predicted octanol–water partition coefficient (Wildman–Crippen LogP) is 20.5. The van der Waals surface area contributed by atoms with Gasteiger partial charge in [0.25, 0.3) is 0 Å². The second kappa shape index (κ2) is 19.8. The first-order chi connectivity index (χ1) is 36.3. The summed E-state index contributed by atoms with van der Waals surface area (Å²) in [7, 11) is 0. The van der Waals surface area contributed by atoms with Gasteiger partial charge in [0.05, 0.1) is 11.4 Å². The molecule has 0 unspecified atom stereocenters. The van der Waals surface area contributed by atoms with Crippen molar-refractivity contribution < 1.29 is 0 Å². The van der Waals surface area contributed by atoms with Crippen LogP contribution >= 0.6 is 0 Å². The van der Waals surface area contributed by atoms with Gasteiger partial charge >= 0.3 is 0 Å². The van der Waals surface area contributed by atoms with Gasteiger partial charge < -0.3 is 9.80 Å². The number of para-hydroxylation sites is 2. The van der Waals surface area contributed by atoms with Crippen molar-refractivity contribution in [2.75, 3.05) is 9.80 Å². The summed E-state index contributed by atoms with van der Waals surface area (Å²) >= 11 is 0. The Balaban J connectivity index is 0.952. The van der Waals surface area contributed by atoms with Crippen LogP contribution < -0.4 is 9.80 Å². The maximum absolute atomic E-state index is 2.44. The van der Waals surface area contributed by atoms with Crippen LogP contribution in [0.2, 0.25) is 0 Å². The number of aryl methyl sites for hydroxylation is 4. The van der Waals surface area contributed by atoms with Crippen LogP contribution in [0.15, 0.2) is 267 Å². The Kier molecular flexibility index (Phi) is 12.2. The van der Waals surface area contributed by atoms with E-state index in [0.717, 1.165) is 34.1 Å². The first-order valence-electron chi connectivity index (χ1n) is 25.7. The summed E-state index contributed by atoms with van der Waals surface area (Å²) in [5.41, 5.74) is 23.6. The molecule has 0 aliphatic carbocycles. The first-order valence-corrected chi connectivity index (χ1v) is 25.7. The highest BCUT2D eigenvalue weighted by molar-refractivity contribution is 5.94. The summed E-state index contributed by atoms with van der Waals surface area (Å²) in [5, 5.41) is 4.98. The standard InChI is InChI=1S/C72H56N2/c1-49-43-65(73(69-29-17-15-27-67(69)57-21-7-5-8-22-57)63-39-35-55(36-40-63)61-33-31-53-19-11-13-25-59(53)47-61)44-50(2)71(49)72-51(3)45-66(46-52(72)4)74(70-30-18-16-28-68(70)58-23-9-6-10-24-58)64-41-37-56(38-42-64)62-34-32-54-20-12-14-26-60(54)48-62/h5-48H,1-4H3. The number of benzene rings is 12. The highest BCUT2D eigenvalue weighted by atomic mass is 15.2. The molecule has 12 rings (SSSR count). The molecule has 0 heterocycles. The SMILES string of the molecule is Cc1cc(N(c2ccc(-c3ccc4ccccc4c3)cc2)c2ccccc2-c2ccccc2)cc(C)c1-c1c(C)cc(N(c2ccc(-c3ccc4ccccc4c3)cc2)c2ccccc2-c2ccccc2)cc1C. The van der Waals surface area contributed by atoms with Crippen molar-refractivity contribution in [3.63, 3.8) is 0 Å². The Morgan fingerprint density at radius 2 is 0.527 bits per heavy atom. The summed E-state index contributed by atoms with van der Waals surface area (Å²) in [6.45, 7) is 9.12. The average Bonchev–Trinajstić information content (AvgIpc) is 3.44. The zero-order chi connectivity index (χ0) is 50.1. The fourth-order valence-corrected chi connectivity index (χ4v) is 11.2. The number of nitrogens with zero attached hydrogens (tertiary/aromatic N) is 2. The van der Waals surface area contributed by atoms with Crippen molar-refractivity contribution >= 4 is 55.7 Å². The number of hydrogen-bond acceptors (Lipinski definition) is 2. The third-order valence-electron chi connectivity index (χ3n) is 14.7. The molecule has 0 amide bonds. The molecule has 12 aromatic rings. The van der Waals surface area contributed by atoms with Gasteiger partial charge in [-0.25, -0.2) is 0 Å². The molecule has 12 aromatic carbocycles. The van der Waals surface area contributed by atoms with E-state index in [-0.39, 0.29) is 0 Å². The van der Waals surface area contributed by atoms with Crippen LogP contribution in [-0.2, 0) is 0 Å². The summed E-state index contributed by atoms with van der Waals surface area (Å²) in [6, 6.07) is 97.4. The Bertz CT molecular complexity index is 3680.